The van der Waals surface area contributed by atoms with Gasteiger partial charge in [-0.25, -0.2) is 9.97 Å². The van der Waals surface area contributed by atoms with E-state index >= 15 is 0 Å². The highest BCUT2D eigenvalue weighted by Crippen LogP contribution is 2.38. The van der Waals surface area contributed by atoms with Crippen molar-refractivity contribution in [2.75, 3.05) is 37.8 Å². The summed E-state index contributed by atoms with van der Waals surface area (Å²) in [6, 6.07) is 11.5. The minimum atomic E-state index is -0.257. The van der Waals surface area contributed by atoms with Crippen LogP contribution in [0.1, 0.15) is 6.92 Å². The predicted octanol–water partition coefficient (Wildman–Crippen LogP) is 4.60. The van der Waals surface area contributed by atoms with E-state index in [1.54, 1.807) is 12.3 Å². The molecule has 2 aromatic heterocycles. The average molecular weight is 469 g/mol. The summed E-state index contributed by atoms with van der Waals surface area (Å²) in [5, 5.41) is 1.10. The molecule has 0 aliphatic carbocycles. The van der Waals surface area contributed by atoms with Crippen LogP contribution in [-0.2, 0) is 4.74 Å². The molecule has 1 saturated heterocycles. The van der Waals surface area contributed by atoms with Gasteiger partial charge in [-0.15, -0.1) is 11.3 Å². The quantitative estimate of drug-likeness (QED) is 0.461. The number of benzene rings is 2. The van der Waals surface area contributed by atoms with Crippen molar-refractivity contribution in [1.29, 1.82) is 0 Å². The number of thiazole rings is 1. The summed E-state index contributed by atoms with van der Waals surface area (Å²) >= 11 is 8.04. The van der Waals surface area contributed by atoms with Crippen LogP contribution in [0.25, 0.3) is 32.2 Å². The highest BCUT2D eigenvalue weighted by atomic mass is 35.5. The molecule has 3 heterocycles. The number of hydrogen-bond acceptors (Lipinski definition) is 7. The minimum absolute atomic E-state index is 0.257. The van der Waals surface area contributed by atoms with E-state index in [9.17, 15) is 4.79 Å². The third-order valence-corrected chi connectivity index (χ3v) is 6.66. The topological polar surface area (TPSA) is 80.3 Å². The number of fused-ring (bicyclic) bond motifs is 1. The van der Waals surface area contributed by atoms with E-state index in [1.165, 1.54) is 11.3 Å². The molecule has 0 atom stereocenters. The van der Waals surface area contributed by atoms with Crippen LogP contribution < -0.4 is 15.2 Å². The number of aromatic nitrogens is 3. The molecule has 1 aliphatic rings. The summed E-state index contributed by atoms with van der Waals surface area (Å²) in [7, 11) is 0. The van der Waals surface area contributed by atoms with Crippen LogP contribution in [0, 0.1) is 0 Å². The van der Waals surface area contributed by atoms with Gasteiger partial charge < -0.3 is 19.4 Å². The Kier molecular flexibility index (Phi) is 5.82. The van der Waals surface area contributed by atoms with E-state index in [0.717, 1.165) is 29.0 Å². The maximum atomic E-state index is 12.9. The average Bonchev–Trinajstić information content (AvgIpc) is 3.24. The molecule has 5 rings (SSSR count). The molecular formula is C23H21ClN4O3S. The van der Waals surface area contributed by atoms with Gasteiger partial charge in [-0.3, -0.25) is 4.79 Å². The number of halogens is 1. The second-order valence-corrected chi connectivity index (χ2v) is 8.73. The van der Waals surface area contributed by atoms with Gasteiger partial charge in [0.2, 0.25) is 0 Å². The molecule has 1 aliphatic heterocycles. The number of anilines is 1. The Balaban J connectivity index is 1.55. The number of nitrogens with zero attached hydrogens (tertiary/aromatic N) is 3. The highest BCUT2D eigenvalue weighted by Gasteiger charge is 2.20. The SMILES string of the molecule is CCOc1cc(Cl)c(-c2ncc(-c3nc4ccccc4s3)c(=O)[nH]2)cc1N1CCOCC1. The Morgan fingerprint density at radius 2 is 2.03 bits per heavy atom. The van der Waals surface area contributed by atoms with Gasteiger partial charge in [-0.1, -0.05) is 23.7 Å². The van der Waals surface area contributed by atoms with Gasteiger partial charge in [0, 0.05) is 30.9 Å². The molecule has 7 nitrogen and oxygen atoms in total. The molecule has 4 aromatic rings. The van der Waals surface area contributed by atoms with Crippen LogP contribution in [0.4, 0.5) is 5.69 Å². The molecule has 0 unspecified atom stereocenters. The molecule has 0 spiro atoms. The lowest BCUT2D eigenvalue weighted by atomic mass is 10.1. The van der Waals surface area contributed by atoms with Gasteiger partial charge in [0.05, 0.1) is 46.3 Å². The van der Waals surface area contributed by atoms with E-state index < -0.39 is 0 Å². The largest absolute Gasteiger partial charge is 0.492 e. The first kappa shape index (κ1) is 20.9. The third kappa shape index (κ3) is 3.97. The number of nitrogens with one attached hydrogen (secondary N) is 1. The van der Waals surface area contributed by atoms with E-state index in [0.29, 0.717) is 52.6 Å². The van der Waals surface area contributed by atoms with Gasteiger partial charge in [0.15, 0.2) is 0 Å². The fourth-order valence-corrected chi connectivity index (χ4v) is 4.93. The van der Waals surface area contributed by atoms with Gasteiger partial charge in [0.25, 0.3) is 5.56 Å². The maximum Gasteiger partial charge on any atom is 0.261 e. The van der Waals surface area contributed by atoms with Crippen molar-refractivity contribution in [1.82, 2.24) is 15.0 Å². The van der Waals surface area contributed by atoms with E-state index in [2.05, 4.69) is 19.9 Å². The number of aromatic amines is 1. The Morgan fingerprint density at radius 3 is 2.78 bits per heavy atom. The summed E-state index contributed by atoms with van der Waals surface area (Å²) in [5.74, 6) is 1.11. The standard InChI is InChI=1S/C23H21ClN4O3S/c1-2-31-19-12-16(24)14(11-18(19)28-7-9-30-10-8-28)21-25-13-15(22(29)27-21)23-26-17-5-3-4-6-20(17)32-23/h3-6,11-13H,2,7-10H2,1H3,(H,25,27,29). The second kappa shape index (κ2) is 8.90. The molecule has 0 saturated carbocycles. The lowest BCUT2D eigenvalue weighted by molar-refractivity contribution is 0.122. The monoisotopic (exact) mass is 468 g/mol. The number of rotatable bonds is 5. The summed E-state index contributed by atoms with van der Waals surface area (Å²) in [5.41, 5.74) is 2.59. The summed E-state index contributed by atoms with van der Waals surface area (Å²) in [6.45, 7) is 5.26. The number of ether oxygens (including phenoxy) is 2. The Bertz CT molecular complexity index is 1300. The van der Waals surface area contributed by atoms with Crippen LogP contribution in [-0.4, -0.2) is 47.9 Å². The normalized spacial score (nSPS) is 14.1. The number of H-pyrrole nitrogens is 1. The molecule has 32 heavy (non-hydrogen) atoms. The zero-order valence-corrected chi connectivity index (χ0v) is 19.0. The summed E-state index contributed by atoms with van der Waals surface area (Å²) in [4.78, 5) is 27.1. The van der Waals surface area contributed by atoms with Crippen molar-refractivity contribution in [3.05, 3.63) is 58.0 Å². The Labute approximate surface area is 193 Å². The zero-order valence-electron chi connectivity index (χ0n) is 17.4. The Hall–Kier alpha value is -2.94. The molecule has 164 valence electrons. The van der Waals surface area contributed by atoms with E-state index in [1.807, 2.05) is 37.3 Å². The van der Waals surface area contributed by atoms with Gasteiger partial charge >= 0.3 is 0 Å². The number of para-hydroxylation sites is 1. The zero-order chi connectivity index (χ0) is 22.1. The highest BCUT2D eigenvalue weighted by molar-refractivity contribution is 7.21. The lowest BCUT2D eigenvalue weighted by Gasteiger charge is -2.30. The van der Waals surface area contributed by atoms with Crippen molar-refractivity contribution in [2.45, 2.75) is 6.92 Å². The second-order valence-electron chi connectivity index (χ2n) is 7.29. The predicted molar refractivity (Wildman–Crippen MR) is 128 cm³/mol. The number of hydrogen-bond donors (Lipinski definition) is 1. The first-order valence-corrected chi connectivity index (χ1v) is 11.6. The molecule has 9 heteroatoms. The molecule has 0 amide bonds. The fraction of sp³-hybridized carbons (Fsp3) is 0.261. The van der Waals surface area contributed by atoms with Gasteiger partial charge in [0.1, 0.15) is 16.6 Å². The van der Waals surface area contributed by atoms with Gasteiger partial charge in [-0.05, 0) is 25.1 Å². The van der Waals surface area contributed by atoms with Crippen LogP contribution >= 0.6 is 22.9 Å². The smallest absolute Gasteiger partial charge is 0.261 e. The number of morpholine rings is 1. The van der Waals surface area contributed by atoms with Crippen molar-refractivity contribution in [2.24, 2.45) is 0 Å². The molecule has 2 aromatic carbocycles. The van der Waals surface area contributed by atoms with Crippen LogP contribution in [0.2, 0.25) is 5.02 Å². The van der Waals surface area contributed by atoms with Crippen LogP contribution in [0.3, 0.4) is 0 Å². The van der Waals surface area contributed by atoms with Crippen molar-refractivity contribution in [3.63, 3.8) is 0 Å². The van der Waals surface area contributed by atoms with Crippen molar-refractivity contribution < 1.29 is 9.47 Å². The van der Waals surface area contributed by atoms with Gasteiger partial charge in [-0.2, -0.15) is 0 Å². The fourth-order valence-electron chi connectivity index (χ4n) is 3.72. The first-order valence-electron chi connectivity index (χ1n) is 10.4. The first-order chi connectivity index (χ1) is 15.6. The molecule has 0 radical (unpaired) electrons. The van der Waals surface area contributed by atoms with Crippen LogP contribution in [0.5, 0.6) is 5.75 Å². The van der Waals surface area contributed by atoms with E-state index in [4.69, 9.17) is 21.1 Å². The van der Waals surface area contributed by atoms with Crippen LogP contribution in [0.15, 0.2) is 47.4 Å². The molecule has 0 bridgehead atoms. The summed E-state index contributed by atoms with van der Waals surface area (Å²) < 4.78 is 12.3. The molecule has 1 fully saturated rings. The summed E-state index contributed by atoms with van der Waals surface area (Å²) in [6.07, 6.45) is 1.56. The lowest BCUT2D eigenvalue weighted by Crippen LogP contribution is -2.36. The minimum Gasteiger partial charge on any atom is -0.492 e. The molecular weight excluding hydrogens is 448 g/mol. The maximum absolute atomic E-state index is 12.9. The molecule has 1 N–H and O–H groups in total. The Morgan fingerprint density at radius 1 is 1.22 bits per heavy atom. The third-order valence-electron chi connectivity index (χ3n) is 5.28. The van der Waals surface area contributed by atoms with Crippen molar-refractivity contribution in [3.8, 4) is 27.7 Å². The van der Waals surface area contributed by atoms with E-state index in [-0.39, 0.29) is 5.56 Å². The van der Waals surface area contributed by atoms with Crippen molar-refractivity contribution >= 4 is 38.8 Å².